The number of hydrogen-bond acceptors (Lipinski definition) is 5. The Morgan fingerprint density at radius 1 is 0.833 bits per heavy atom. The quantitative estimate of drug-likeness (QED) is 0.538. The summed E-state index contributed by atoms with van der Waals surface area (Å²) in [5.74, 6) is -1.88. The zero-order valence-electron chi connectivity index (χ0n) is 12.3. The Balaban J connectivity index is 1.72. The smallest absolute Gasteiger partial charge is 0.379 e. The monoisotopic (exact) mass is 326 g/mol. The van der Waals surface area contributed by atoms with Crippen LogP contribution in [-0.4, -0.2) is 11.9 Å². The molecule has 0 radical (unpaired) electrons. The summed E-state index contributed by atoms with van der Waals surface area (Å²) in [7, 11) is 0. The molecule has 6 heteroatoms. The van der Waals surface area contributed by atoms with Gasteiger partial charge < -0.3 is 13.9 Å². The van der Waals surface area contributed by atoms with Crippen LogP contribution in [0.1, 0.15) is 20.9 Å². The molecule has 5 nitrogen and oxygen atoms in total. The molecule has 3 rings (SSSR count). The van der Waals surface area contributed by atoms with Gasteiger partial charge in [-0.3, -0.25) is 0 Å². The van der Waals surface area contributed by atoms with Crippen LogP contribution in [0.3, 0.4) is 0 Å². The predicted octanol–water partition coefficient (Wildman–Crippen LogP) is 3.86. The third-order valence-corrected chi connectivity index (χ3v) is 3.04. The lowest BCUT2D eigenvalue weighted by Crippen LogP contribution is -2.11. The number of ether oxygens (including phenoxy) is 2. The van der Waals surface area contributed by atoms with Crippen molar-refractivity contribution in [2.75, 3.05) is 0 Å². The summed E-state index contributed by atoms with van der Waals surface area (Å²) in [5, 5.41) is 0. The van der Waals surface area contributed by atoms with Crippen LogP contribution in [0.5, 0.6) is 11.5 Å². The SMILES string of the molecule is O=C(Oc1cccc(OC(=O)c2ccccc2F)c1)c1ccco1. The van der Waals surface area contributed by atoms with Crippen LogP contribution in [0, 0.1) is 5.82 Å². The lowest BCUT2D eigenvalue weighted by molar-refractivity contribution is 0.0701. The minimum atomic E-state index is -0.845. The van der Waals surface area contributed by atoms with Gasteiger partial charge in [0.2, 0.25) is 5.76 Å². The normalized spacial score (nSPS) is 10.2. The Kier molecular flexibility index (Phi) is 4.38. The van der Waals surface area contributed by atoms with Gasteiger partial charge in [0.15, 0.2) is 0 Å². The number of furan rings is 1. The topological polar surface area (TPSA) is 65.7 Å². The molecule has 0 atom stereocenters. The Bertz CT molecular complexity index is 871. The second kappa shape index (κ2) is 6.78. The molecule has 0 N–H and O–H groups in total. The molecule has 0 saturated carbocycles. The number of carbonyl (C=O) groups is 2. The number of benzene rings is 2. The van der Waals surface area contributed by atoms with Crippen molar-refractivity contribution in [3.8, 4) is 11.5 Å². The van der Waals surface area contributed by atoms with Crippen molar-refractivity contribution in [1.82, 2.24) is 0 Å². The predicted molar refractivity (Wildman–Crippen MR) is 81.5 cm³/mol. The molecular formula is C18H11FO5. The molecule has 1 heterocycles. The lowest BCUT2D eigenvalue weighted by Gasteiger charge is -2.07. The fourth-order valence-corrected chi connectivity index (χ4v) is 1.94. The molecule has 0 unspecified atom stereocenters. The summed E-state index contributed by atoms with van der Waals surface area (Å²) < 4.78 is 28.7. The number of esters is 2. The van der Waals surface area contributed by atoms with E-state index in [1.54, 1.807) is 6.07 Å². The highest BCUT2D eigenvalue weighted by Crippen LogP contribution is 2.22. The lowest BCUT2D eigenvalue weighted by atomic mass is 10.2. The number of rotatable bonds is 4. The largest absolute Gasteiger partial charge is 0.457 e. The van der Waals surface area contributed by atoms with Crippen LogP contribution in [-0.2, 0) is 0 Å². The summed E-state index contributed by atoms with van der Waals surface area (Å²) in [5.41, 5.74) is -0.185. The summed E-state index contributed by atoms with van der Waals surface area (Å²) >= 11 is 0. The Morgan fingerprint density at radius 3 is 2.21 bits per heavy atom. The number of hydrogen-bond donors (Lipinski definition) is 0. The maximum absolute atomic E-state index is 13.6. The van der Waals surface area contributed by atoms with Gasteiger partial charge in [-0.25, -0.2) is 14.0 Å². The molecule has 0 bridgehead atoms. The fraction of sp³-hybridized carbons (Fsp3) is 0. The minimum absolute atomic E-state index is 0.0451. The van der Waals surface area contributed by atoms with Crippen molar-refractivity contribution in [3.05, 3.63) is 84.1 Å². The Labute approximate surface area is 136 Å². The summed E-state index contributed by atoms with van der Waals surface area (Å²) in [6.07, 6.45) is 1.35. The first-order chi connectivity index (χ1) is 11.6. The second-order valence-electron chi connectivity index (χ2n) is 4.71. The van der Waals surface area contributed by atoms with Gasteiger partial charge in [-0.05, 0) is 36.4 Å². The van der Waals surface area contributed by atoms with Crippen LogP contribution in [0.4, 0.5) is 4.39 Å². The van der Waals surface area contributed by atoms with Gasteiger partial charge in [-0.2, -0.15) is 0 Å². The first-order valence-corrected chi connectivity index (χ1v) is 6.96. The molecule has 0 spiro atoms. The Morgan fingerprint density at radius 2 is 1.54 bits per heavy atom. The second-order valence-corrected chi connectivity index (χ2v) is 4.71. The van der Waals surface area contributed by atoms with E-state index in [9.17, 15) is 14.0 Å². The van der Waals surface area contributed by atoms with E-state index in [1.165, 1.54) is 54.8 Å². The molecule has 0 amide bonds. The summed E-state index contributed by atoms with van der Waals surface area (Å²) in [6.45, 7) is 0. The van der Waals surface area contributed by atoms with Crippen molar-refractivity contribution in [2.24, 2.45) is 0 Å². The highest BCUT2D eigenvalue weighted by Gasteiger charge is 2.15. The molecular weight excluding hydrogens is 315 g/mol. The minimum Gasteiger partial charge on any atom is -0.457 e. The highest BCUT2D eigenvalue weighted by molar-refractivity contribution is 5.91. The van der Waals surface area contributed by atoms with E-state index in [-0.39, 0.29) is 22.8 Å². The molecule has 24 heavy (non-hydrogen) atoms. The summed E-state index contributed by atoms with van der Waals surface area (Å²) in [6, 6.07) is 14.4. The van der Waals surface area contributed by atoms with Gasteiger partial charge in [0.05, 0.1) is 11.8 Å². The molecule has 0 fully saturated rings. The zero-order chi connectivity index (χ0) is 16.9. The molecule has 120 valence electrons. The molecule has 0 aliphatic carbocycles. The fourth-order valence-electron chi connectivity index (χ4n) is 1.94. The van der Waals surface area contributed by atoms with Gasteiger partial charge >= 0.3 is 11.9 Å². The van der Waals surface area contributed by atoms with Crippen molar-refractivity contribution in [3.63, 3.8) is 0 Å². The van der Waals surface area contributed by atoms with E-state index in [1.807, 2.05) is 0 Å². The van der Waals surface area contributed by atoms with Crippen molar-refractivity contribution < 1.29 is 27.9 Å². The average Bonchev–Trinajstić information content (AvgIpc) is 3.10. The van der Waals surface area contributed by atoms with E-state index < -0.39 is 17.8 Å². The first-order valence-electron chi connectivity index (χ1n) is 6.96. The van der Waals surface area contributed by atoms with Gasteiger partial charge in [-0.15, -0.1) is 0 Å². The van der Waals surface area contributed by atoms with Crippen molar-refractivity contribution >= 4 is 11.9 Å². The highest BCUT2D eigenvalue weighted by atomic mass is 19.1. The molecule has 0 saturated heterocycles. The number of carbonyl (C=O) groups excluding carboxylic acids is 2. The van der Waals surface area contributed by atoms with Crippen LogP contribution in [0.15, 0.2) is 71.3 Å². The van der Waals surface area contributed by atoms with Crippen molar-refractivity contribution in [1.29, 1.82) is 0 Å². The zero-order valence-corrected chi connectivity index (χ0v) is 12.3. The third-order valence-electron chi connectivity index (χ3n) is 3.04. The van der Waals surface area contributed by atoms with Gasteiger partial charge in [0.1, 0.15) is 17.3 Å². The van der Waals surface area contributed by atoms with E-state index >= 15 is 0 Å². The van der Waals surface area contributed by atoms with Crippen LogP contribution in [0.2, 0.25) is 0 Å². The molecule has 1 aromatic heterocycles. The standard InChI is InChI=1S/C18H11FO5/c19-15-8-2-1-7-14(15)17(20)23-12-5-3-6-13(11-12)24-18(21)16-9-4-10-22-16/h1-11H. The molecule has 3 aromatic rings. The summed E-state index contributed by atoms with van der Waals surface area (Å²) in [4.78, 5) is 23.8. The van der Waals surface area contributed by atoms with Crippen LogP contribution >= 0.6 is 0 Å². The van der Waals surface area contributed by atoms with Crippen molar-refractivity contribution in [2.45, 2.75) is 0 Å². The van der Waals surface area contributed by atoms with Gasteiger partial charge in [0.25, 0.3) is 0 Å². The molecule has 0 aliphatic rings. The van der Waals surface area contributed by atoms with E-state index in [2.05, 4.69) is 0 Å². The maximum atomic E-state index is 13.6. The molecule has 0 aliphatic heterocycles. The van der Waals surface area contributed by atoms with Crippen LogP contribution < -0.4 is 9.47 Å². The molecule has 2 aromatic carbocycles. The number of halogens is 1. The van der Waals surface area contributed by atoms with E-state index in [4.69, 9.17) is 13.9 Å². The van der Waals surface area contributed by atoms with Gasteiger partial charge in [0, 0.05) is 6.07 Å². The maximum Gasteiger partial charge on any atom is 0.379 e. The first kappa shape index (κ1) is 15.5. The third kappa shape index (κ3) is 3.49. The Hall–Kier alpha value is -3.41. The van der Waals surface area contributed by atoms with E-state index in [0.29, 0.717) is 0 Å². The van der Waals surface area contributed by atoms with E-state index in [0.717, 1.165) is 6.07 Å². The van der Waals surface area contributed by atoms with Crippen LogP contribution in [0.25, 0.3) is 0 Å². The average molecular weight is 326 g/mol. The van der Waals surface area contributed by atoms with Gasteiger partial charge in [-0.1, -0.05) is 18.2 Å².